The van der Waals surface area contributed by atoms with Crippen LogP contribution in [0.1, 0.15) is 5.69 Å². The number of fused-ring (bicyclic) bond motifs is 1. The maximum atomic E-state index is 12.0. The van der Waals surface area contributed by atoms with Crippen molar-refractivity contribution in [2.24, 2.45) is 0 Å². The van der Waals surface area contributed by atoms with Gasteiger partial charge in [0.1, 0.15) is 0 Å². The molecule has 0 atom stereocenters. The van der Waals surface area contributed by atoms with Crippen molar-refractivity contribution < 1.29 is 13.9 Å². The lowest BCUT2D eigenvalue weighted by atomic mass is 10.2. The standard InChI is InChI=1S/C17H14N4O4S2/c1-23-12-4-3-10(7-13(12)24-2)15-19-20-17(25-15)27-9-11-8-14(22)21-5-6-26-16(21)18-11/h3-8H,9H2,1-2H3. The fourth-order valence-corrected chi connectivity index (χ4v) is 3.85. The lowest BCUT2D eigenvalue weighted by molar-refractivity contribution is 0.355. The molecule has 0 fully saturated rings. The van der Waals surface area contributed by atoms with E-state index in [4.69, 9.17) is 13.9 Å². The predicted molar refractivity (Wildman–Crippen MR) is 102 cm³/mol. The van der Waals surface area contributed by atoms with Gasteiger partial charge >= 0.3 is 0 Å². The number of nitrogens with zero attached hydrogens (tertiary/aromatic N) is 4. The zero-order valence-corrected chi connectivity index (χ0v) is 16.0. The van der Waals surface area contributed by atoms with Crippen LogP contribution in [0.3, 0.4) is 0 Å². The Labute approximate surface area is 161 Å². The second kappa shape index (κ2) is 7.41. The molecule has 0 aliphatic rings. The first-order chi connectivity index (χ1) is 13.2. The maximum absolute atomic E-state index is 12.0. The summed E-state index contributed by atoms with van der Waals surface area (Å²) in [6, 6.07) is 6.88. The molecular weight excluding hydrogens is 388 g/mol. The molecule has 8 nitrogen and oxygen atoms in total. The van der Waals surface area contributed by atoms with Crippen molar-refractivity contribution in [3.05, 3.63) is 51.9 Å². The average molecular weight is 402 g/mol. The molecule has 138 valence electrons. The molecular formula is C17H14N4O4S2. The lowest BCUT2D eigenvalue weighted by Crippen LogP contribution is -2.12. The Bertz CT molecular complexity index is 1150. The molecule has 3 heterocycles. The highest BCUT2D eigenvalue weighted by Gasteiger charge is 2.13. The fourth-order valence-electron chi connectivity index (χ4n) is 2.45. The van der Waals surface area contributed by atoms with Crippen molar-refractivity contribution in [2.45, 2.75) is 11.0 Å². The topological polar surface area (TPSA) is 91.8 Å². The number of aromatic nitrogens is 4. The second-order valence-electron chi connectivity index (χ2n) is 5.37. The van der Waals surface area contributed by atoms with Crippen LogP contribution >= 0.6 is 23.1 Å². The molecule has 0 N–H and O–H groups in total. The molecule has 0 aliphatic carbocycles. The average Bonchev–Trinajstić information content (AvgIpc) is 3.35. The van der Waals surface area contributed by atoms with Crippen LogP contribution in [0.15, 0.2) is 50.3 Å². The van der Waals surface area contributed by atoms with E-state index in [2.05, 4.69) is 15.2 Å². The Morgan fingerprint density at radius 3 is 2.85 bits per heavy atom. The first kappa shape index (κ1) is 17.6. The van der Waals surface area contributed by atoms with Gasteiger partial charge in [-0.3, -0.25) is 9.20 Å². The third-order valence-electron chi connectivity index (χ3n) is 3.74. The molecule has 0 unspecified atom stereocenters. The molecule has 0 spiro atoms. The summed E-state index contributed by atoms with van der Waals surface area (Å²) in [5, 5.41) is 10.3. The Hall–Kier alpha value is -2.85. The first-order valence-corrected chi connectivity index (χ1v) is 9.69. The Balaban J connectivity index is 1.51. The van der Waals surface area contributed by atoms with E-state index in [0.717, 1.165) is 5.56 Å². The van der Waals surface area contributed by atoms with E-state index < -0.39 is 0 Å². The van der Waals surface area contributed by atoms with Gasteiger partial charge < -0.3 is 13.9 Å². The largest absolute Gasteiger partial charge is 0.493 e. The number of methoxy groups -OCH3 is 2. The molecule has 3 aromatic heterocycles. The zero-order chi connectivity index (χ0) is 18.8. The number of thioether (sulfide) groups is 1. The van der Waals surface area contributed by atoms with Crippen LogP contribution in [-0.4, -0.2) is 33.8 Å². The van der Waals surface area contributed by atoms with Crippen molar-refractivity contribution >= 4 is 28.1 Å². The van der Waals surface area contributed by atoms with Crippen LogP contribution in [-0.2, 0) is 5.75 Å². The van der Waals surface area contributed by atoms with Crippen LogP contribution in [0.5, 0.6) is 11.5 Å². The van der Waals surface area contributed by atoms with Crippen molar-refractivity contribution in [1.29, 1.82) is 0 Å². The molecule has 27 heavy (non-hydrogen) atoms. The summed E-state index contributed by atoms with van der Waals surface area (Å²) in [6.07, 6.45) is 1.71. The second-order valence-corrected chi connectivity index (χ2v) is 7.17. The zero-order valence-electron chi connectivity index (χ0n) is 14.4. The highest BCUT2D eigenvalue weighted by atomic mass is 32.2. The van der Waals surface area contributed by atoms with Crippen LogP contribution in [0, 0.1) is 0 Å². The molecule has 0 radical (unpaired) electrons. The van der Waals surface area contributed by atoms with E-state index in [9.17, 15) is 4.79 Å². The minimum Gasteiger partial charge on any atom is -0.493 e. The minimum absolute atomic E-state index is 0.103. The molecule has 0 amide bonds. The maximum Gasteiger partial charge on any atom is 0.277 e. The van der Waals surface area contributed by atoms with Crippen LogP contribution in [0.4, 0.5) is 0 Å². The molecule has 0 aliphatic heterocycles. The van der Waals surface area contributed by atoms with Gasteiger partial charge in [-0.2, -0.15) is 0 Å². The van der Waals surface area contributed by atoms with Gasteiger partial charge in [-0.05, 0) is 18.2 Å². The molecule has 4 aromatic rings. The van der Waals surface area contributed by atoms with Gasteiger partial charge in [-0.1, -0.05) is 11.8 Å². The highest BCUT2D eigenvalue weighted by Crippen LogP contribution is 2.33. The number of hydrogen-bond acceptors (Lipinski definition) is 9. The molecule has 0 saturated heterocycles. The normalized spacial score (nSPS) is 11.0. The fraction of sp³-hybridized carbons (Fsp3) is 0.176. The summed E-state index contributed by atoms with van der Waals surface area (Å²) < 4.78 is 17.7. The van der Waals surface area contributed by atoms with Gasteiger partial charge in [0, 0.05) is 29.0 Å². The SMILES string of the molecule is COc1ccc(-c2nnc(SCc3cc(=O)n4ccsc4n3)o2)cc1OC. The van der Waals surface area contributed by atoms with E-state index in [1.54, 1.807) is 32.5 Å². The monoisotopic (exact) mass is 402 g/mol. The van der Waals surface area contributed by atoms with Crippen LogP contribution < -0.4 is 15.0 Å². The summed E-state index contributed by atoms with van der Waals surface area (Å²) in [5.41, 5.74) is 1.29. The summed E-state index contributed by atoms with van der Waals surface area (Å²) in [5.74, 6) is 2.03. The van der Waals surface area contributed by atoms with Gasteiger partial charge in [0.05, 0.1) is 19.9 Å². The van der Waals surface area contributed by atoms with Gasteiger partial charge in [-0.15, -0.1) is 21.5 Å². The summed E-state index contributed by atoms with van der Waals surface area (Å²) in [4.78, 5) is 17.1. The number of hydrogen-bond donors (Lipinski definition) is 0. The van der Waals surface area contributed by atoms with E-state index in [1.165, 1.54) is 33.6 Å². The molecule has 0 saturated carbocycles. The third-order valence-corrected chi connectivity index (χ3v) is 5.35. The van der Waals surface area contributed by atoms with Crippen LogP contribution in [0.2, 0.25) is 0 Å². The van der Waals surface area contributed by atoms with E-state index in [-0.39, 0.29) is 5.56 Å². The summed E-state index contributed by atoms with van der Waals surface area (Å²) >= 11 is 2.74. The Kier molecular flexibility index (Phi) is 4.82. The summed E-state index contributed by atoms with van der Waals surface area (Å²) in [6.45, 7) is 0. The molecule has 1 aromatic carbocycles. The summed E-state index contributed by atoms with van der Waals surface area (Å²) in [7, 11) is 3.14. The van der Waals surface area contributed by atoms with E-state index >= 15 is 0 Å². The number of benzene rings is 1. The lowest BCUT2D eigenvalue weighted by Gasteiger charge is -2.07. The van der Waals surface area contributed by atoms with Gasteiger partial charge in [0.25, 0.3) is 10.8 Å². The van der Waals surface area contributed by atoms with Crippen molar-refractivity contribution in [3.63, 3.8) is 0 Å². The third kappa shape index (κ3) is 3.53. The highest BCUT2D eigenvalue weighted by molar-refractivity contribution is 7.98. The van der Waals surface area contributed by atoms with Gasteiger partial charge in [-0.25, -0.2) is 4.98 Å². The van der Waals surface area contributed by atoms with Gasteiger partial charge in [0.15, 0.2) is 16.5 Å². The van der Waals surface area contributed by atoms with E-state index in [0.29, 0.717) is 39.0 Å². The smallest absolute Gasteiger partial charge is 0.277 e. The van der Waals surface area contributed by atoms with E-state index in [1.807, 2.05) is 11.4 Å². The molecule has 4 rings (SSSR count). The molecule has 0 bridgehead atoms. The van der Waals surface area contributed by atoms with Crippen LogP contribution in [0.25, 0.3) is 16.4 Å². The van der Waals surface area contributed by atoms with Crippen molar-refractivity contribution in [3.8, 4) is 23.0 Å². The number of ether oxygens (including phenoxy) is 2. The number of thiazole rings is 1. The van der Waals surface area contributed by atoms with Gasteiger partial charge in [0.2, 0.25) is 5.89 Å². The molecule has 10 heteroatoms. The number of rotatable bonds is 6. The first-order valence-electron chi connectivity index (χ1n) is 7.82. The van der Waals surface area contributed by atoms with Crippen molar-refractivity contribution in [1.82, 2.24) is 19.6 Å². The Morgan fingerprint density at radius 2 is 2.04 bits per heavy atom. The predicted octanol–water partition coefficient (Wildman–Crippen LogP) is 3.12. The minimum atomic E-state index is -0.103. The quantitative estimate of drug-likeness (QED) is 0.454. The Morgan fingerprint density at radius 1 is 1.19 bits per heavy atom. The van der Waals surface area contributed by atoms with Crippen molar-refractivity contribution in [2.75, 3.05) is 14.2 Å².